The highest BCUT2D eigenvalue weighted by Crippen LogP contribution is 2.10. The minimum atomic E-state index is 0.186. The maximum Gasteiger partial charge on any atom is 0.307 e. The van der Waals surface area contributed by atoms with Crippen molar-refractivity contribution >= 4 is 24.0 Å². The quantitative estimate of drug-likeness (QED) is 0.611. The van der Waals surface area contributed by atoms with Gasteiger partial charge in [-0.1, -0.05) is 17.8 Å². The molecule has 0 amide bonds. The smallest absolute Gasteiger partial charge is 0.303 e. The monoisotopic (exact) mass is 231 g/mol. The van der Waals surface area contributed by atoms with Crippen molar-refractivity contribution in [3.05, 3.63) is 20.2 Å². The van der Waals surface area contributed by atoms with Crippen LogP contribution in [-0.2, 0) is 6.54 Å². The van der Waals surface area contributed by atoms with Crippen LogP contribution in [0.3, 0.4) is 0 Å². The fourth-order valence-corrected chi connectivity index (χ4v) is 2.49. The second-order valence-electron chi connectivity index (χ2n) is 3.45. The van der Waals surface area contributed by atoms with Gasteiger partial charge in [-0.05, 0) is 32.4 Å². The number of rotatable bonds is 5. The second-order valence-corrected chi connectivity index (χ2v) is 5.06. The van der Waals surface area contributed by atoms with Gasteiger partial charge in [0.05, 0.1) is 0 Å². The van der Waals surface area contributed by atoms with Crippen molar-refractivity contribution in [2.75, 3.05) is 5.75 Å². The van der Waals surface area contributed by atoms with E-state index >= 15 is 0 Å². The maximum absolute atomic E-state index is 11.5. The number of hydrogen-bond acceptors (Lipinski definition) is 3. The number of thiol groups is 1. The van der Waals surface area contributed by atoms with E-state index in [4.69, 9.17) is 0 Å². The van der Waals surface area contributed by atoms with Crippen LogP contribution in [0.15, 0.2) is 4.79 Å². The highest BCUT2D eigenvalue weighted by molar-refractivity contribution is 7.80. The summed E-state index contributed by atoms with van der Waals surface area (Å²) in [4.78, 5) is 12.8. The van der Waals surface area contributed by atoms with Crippen LogP contribution >= 0.6 is 24.0 Å². The van der Waals surface area contributed by atoms with Gasteiger partial charge in [0.25, 0.3) is 0 Å². The summed E-state index contributed by atoms with van der Waals surface area (Å²) in [5.41, 5.74) is 1.13. The van der Waals surface area contributed by atoms with Crippen molar-refractivity contribution in [3.8, 4) is 0 Å². The second kappa shape index (κ2) is 5.61. The zero-order chi connectivity index (χ0) is 10.6. The Bertz CT molecular complexity index is 340. The normalized spacial score (nSPS) is 10.8. The Labute approximate surface area is 94.4 Å². The molecule has 1 heterocycles. The van der Waals surface area contributed by atoms with Gasteiger partial charge < -0.3 is 4.57 Å². The van der Waals surface area contributed by atoms with Crippen LogP contribution < -0.4 is 4.87 Å². The number of aryl methyl sites for hydroxylation is 1. The molecule has 2 nitrogen and oxygen atoms in total. The zero-order valence-electron chi connectivity index (χ0n) is 8.75. The number of nitrogens with zero attached hydrogens (tertiary/aromatic N) is 1. The molecule has 0 aromatic carbocycles. The molecule has 0 saturated heterocycles. The lowest BCUT2D eigenvalue weighted by molar-refractivity contribution is 0.587. The van der Waals surface area contributed by atoms with Gasteiger partial charge in [-0.2, -0.15) is 12.6 Å². The van der Waals surface area contributed by atoms with Crippen LogP contribution in [0.25, 0.3) is 0 Å². The van der Waals surface area contributed by atoms with Gasteiger partial charge in [-0.3, -0.25) is 4.79 Å². The molecule has 1 aromatic rings. The van der Waals surface area contributed by atoms with E-state index in [1.807, 2.05) is 18.4 Å². The molecule has 14 heavy (non-hydrogen) atoms. The molecule has 4 heteroatoms. The van der Waals surface area contributed by atoms with Crippen LogP contribution in [0.2, 0.25) is 0 Å². The molecule has 0 spiro atoms. The van der Waals surface area contributed by atoms with Crippen LogP contribution in [-0.4, -0.2) is 10.3 Å². The Kier molecular flexibility index (Phi) is 4.75. The molecule has 0 unspecified atom stereocenters. The van der Waals surface area contributed by atoms with E-state index in [2.05, 4.69) is 12.6 Å². The Morgan fingerprint density at radius 3 is 2.50 bits per heavy atom. The molecule has 0 radical (unpaired) electrons. The first kappa shape index (κ1) is 11.9. The van der Waals surface area contributed by atoms with Crippen LogP contribution in [0.1, 0.15) is 29.8 Å². The standard InChI is InChI=1S/C10H17NOS2/c1-8-9(2)14-10(12)11(8)6-4-3-5-7-13/h13H,3-7H2,1-2H3. The van der Waals surface area contributed by atoms with Crippen molar-refractivity contribution < 1.29 is 0 Å². The summed E-state index contributed by atoms with van der Waals surface area (Å²) >= 11 is 5.51. The fourth-order valence-electron chi connectivity index (χ4n) is 1.40. The SMILES string of the molecule is Cc1sc(=O)n(CCCCCS)c1C. The molecule has 1 rings (SSSR count). The first-order valence-corrected chi connectivity index (χ1v) is 6.39. The first-order valence-electron chi connectivity index (χ1n) is 4.94. The number of aromatic nitrogens is 1. The van der Waals surface area contributed by atoms with E-state index in [0.717, 1.165) is 42.1 Å². The Morgan fingerprint density at radius 2 is 2.00 bits per heavy atom. The van der Waals surface area contributed by atoms with Crippen molar-refractivity contribution in [3.63, 3.8) is 0 Å². The minimum absolute atomic E-state index is 0.186. The van der Waals surface area contributed by atoms with E-state index in [9.17, 15) is 4.79 Å². The molecular formula is C10H17NOS2. The summed E-state index contributed by atoms with van der Waals surface area (Å²) in [5, 5.41) is 0. The van der Waals surface area contributed by atoms with Crippen molar-refractivity contribution in [1.82, 2.24) is 4.57 Å². The first-order chi connectivity index (χ1) is 6.66. The van der Waals surface area contributed by atoms with Gasteiger partial charge in [0.15, 0.2) is 0 Å². The summed E-state index contributed by atoms with van der Waals surface area (Å²) in [5.74, 6) is 0.941. The predicted octanol–water partition coefficient (Wildman–Crippen LogP) is 2.63. The summed E-state index contributed by atoms with van der Waals surface area (Å²) in [6.07, 6.45) is 3.38. The van der Waals surface area contributed by atoms with Gasteiger partial charge in [-0.15, -0.1) is 0 Å². The van der Waals surface area contributed by atoms with Crippen molar-refractivity contribution in [1.29, 1.82) is 0 Å². The lowest BCUT2D eigenvalue weighted by atomic mass is 10.2. The summed E-state index contributed by atoms with van der Waals surface area (Å²) in [6.45, 7) is 4.89. The summed E-state index contributed by atoms with van der Waals surface area (Å²) in [7, 11) is 0. The largest absolute Gasteiger partial charge is 0.307 e. The van der Waals surface area contributed by atoms with E-state index in [0.29, 0.717) is 0 Å². The van der Waals surface area contributed by atoms with Gasteiger partial charge in [0.2, 0.25) is 0 Å². The molecule has 0 N–H and O–H groups in total. The Morgan fingerprint density at radius 1 is 1.29 bits per heavy atom. The van der Waals surface area contributed by atoms with Crippen molar-refractivity contribution in [2.45, 2.75) is 39.7 Å². The Balaban J connectivity index is 2.54. The average molecular weight is 231 g/mol. The van der Waals surface area contributed by atoms with E-state index in [-0.39, 0.29) is 4.87 Å². The zero-order valence-corrected chi connectivity index (χ0v) is 10.5. The molecule has 0 saturated carbocycles. The van der Waals surface area contributed by atoms with E-state index in [1.165, 1.54) is 11.3 Å². The van der Waals surface area contributed by atoms with Crippen LogP contribution in [0.4, 0.5) is 0 Å². The molecular weight excluding hydrogens is 214 g/mol. The number of unbranched alkanes of at least 4 members (excludes halogenated alkanes) is 2. The minimum Gasteiger partial charge on any atom is -0.303 e. The lowest BCUT2D eigenvalue weighted by Gasteiger charge is -2.03. The van der Waals surface area contributed by atoms with Crippen LogP contribution in [0, 0.1) is 13.8 Å². The van der Waals surface area contributed by atoms with Gasteiger partial charge in [0.1, 0.15) is 0 Å². The summed E-state index contributed by atoms with van der Waals surface area (Å²) in [6, 6.07) is 0. The molecule has 0 atom stereocenters. The summed E-state index contributed by atoms with van der Waals surface area (Å²) < 4.78 is 1.89. The third-order valence-electron chi connectivity index (χ3n) is 2.42. The number of hydrogen-bond donors (Lipinski definition) is 1. The third kappa shape index (κ3) is 2.89. The van der Waals surface area contributed by atoms with Crippen molar-refractivity contribution in [2.24, 2.45) is 0 Å². The van der Waals surface area contributed by atoms with Gasteiger partial charge in [0, 0.05) is 17.1 Å². The highest BCUT2D eigenvalue weighted by atomic mass is 32.1. The topological polar surface area (TPSA) is 22.0 Å². The van der Waals surface area contributed by atoms with E-state index in [1.54, 1.807) is 0 Å². The van der Waals surface area contributed by atoms with Gasteiger partial charge in [-0.25, -0.2) is 0 Å². The van der Waals surface area contributed by atoms with E-state index < -0.39 is 0 Å². The molecule has 0 bridgehead atoms. The maximum atomic E-state index is 11.5. The number of thiazole rings is 1. The molecule has 0 aliphatic carbocycles. The van der Waals surface area contributed by atoms with Crippen LogP contribution in [0.5, 0.6) is 0 Å². The fraction of sp³-hybridized carbons (Fsp3) is 0.700. The molecule has 1 aromatic heterocycles. The van der Waals surface area contributed by atoms with Gasteiger partial charge >= 0.3 is 4.87 Å². The molecule has 0 aliphatic heterocycles. The highest BCUT2D eigenvalue weighted by Gasteiger charge is 2.05. The molecule has 0 aliphatic rings. The average Bonchev–Trinajstić information content (AvgIpc) is 2.38. The molecule has 80 valence electrons. The Hall–Kier alpha value is -0.220. The molecule has 0 fully saturated rings. The lowest BCUT2D eigenvalue weighted by Crippen LogP contribution is -2.14. The third-order valence-corrected chi connectivity index (χ3v) is 3.73. The predicted molar refractivity (Wildman–Crippen MR) is 65.8 cm³/mol.